The smallest absolute Gasteiger partial charge is 0.338 e. The number of esters is 1. The molecule has 0 saturated heterocycles. The molecule has 26 heavy (non-hydrogen) atoms. The van der Waals surface area contributed by atoms with Gasteiger partial charge >= 0.3 is 11.7 Å². The topological polar surface area (TPSA) is 124 Å². The Morgan fingerprint density at radius 1 is 1.12 bits per heavy atom. The first-order valence-electron chi connectivity index (χ1n) is 7.90. The lowest BCUT2D eigenvalue weighted by molar-refractivity contribution is -0.123. The molecule has 0 radical (unpaired) electrons. The number of fused-ring (bicyclic) bond motifs is 1. The molecular weight excluding hydrogens is 338 g/mol. The van der Waals surface area contributed by atoms with Gasteiger partial charge < -0.3 is 25.1 Å². The van der Waals surface area contributed by atoms with E-state index in [-0.39, 0.29) is 17.9 Å². The third-order valence-electron chi connectivity index (χ3n) is 3.81. The summed E-state index contributed by atoms with van der Waals surface area (Å²) in [6, 6.07) is 11.1. The summed E-state index contributed by atoms with van der Waals surface area (Å²) in [5.41, 5.74) is 2.27. The molecule has 0 saturated carbocycles. The van der Waals surface area contributed by atoms with Crippen LogP contribution in [0.15, 0.2) is 47.3 Å². The van der Waals surface area contributed by atoms with Crippen molar-refractivity contribution in [2.45, 2.75) is 19.6 Å². The van der Waals surface area contributed by atoms with E-state index in [2.05, 4.69) is 15.3 Å². The van der Waals surface area contributed by atoms with Crippen LogP contribution in [-0.4, -0.2) is 33.1 Å². The molecule has 3 aromatic rings. The molecule has 0 unspecified atom stereocenters. The summed E-state index contributed by atoms with van der Waals surface area (Å²) in [4.78, 5) is 40.8. The molecule has 0 aliphatic heterocycles. The van der Waals surface area contributed by atoms with Crippen LogP contribution in [0.3, 0.4) is 0 Å². The Bertz CT molecular complexity index is 1000. The van der Waals surface area contributed by atoms with Crippen LogP contribution in [-0.2, 0) is 16.1 Å². The number of amides is 1. The van der Waals surface area contributed by atoms with E-state index < -0.39 is 18.0 Å². The highest BCUT2D eigenvalue weighted by Gasteiger charge is 2.19. The molecule has 1 heterocycles. The Labute approximate surface area is 147 Å². The maximum atomic E-state index is 12.2. The number of hydrogen-bond donors (Lipinski definition) is 4. The van der Waals surface area contributed by atoms with E-state index in [1.165, 1.54) is 19.1 Å². The molecule has 0 aliphatic rings. The van der Waals surface area contributed by atoms with Crippen LogP contribution >= 0.6 is 0 Å². The quantitative estimate of drug-likeness (QED) is 0.517. The first-order chi connectivity index (χ1) is 12.5. The molecule has 8 heteroatoms. The lowest BCUT2D eigenvalue weighted by Crippen LogP contribution is -2.30. The van der Waals surface area contributed by atoms with Crippen molar-refractivity contribution in [1.29, 1.82) is 0 Å². The van der Waals surface area contributed by atoms with Gasteiger partial charge in [0.15, 0.2) is 6.10 Å². The molecule has 0 aliphatic carbocycles. The summed E-state index contributed by atoms with van der Waals surface area (Å²) in [6.07, 6.45) is -1.01. The molecular formula is C18H17N3O5. The van der Waals surface area contributed by atoms with E-state index in [0.717, 1.165) is 0 Å². The summed E-state index contributed by atoms with van der Waals surface area (Å²) in [5, 5.41) is 11.6. The number of anilines is 1. The largest absolute Gasteiger partial charge is 0.449 e. The van der Waals surface area contributed by atoms with Gasteiger partial charge in [-0.15, -0.1) is 0 Å². The summed E-state index contributed by atoms with van der Waals surface area (Å²) in [5.74, 6) is -1.13. The highest BCUT2D eigenvalue weighted by Crippen LogP contribution is 2.15. The third-order valence-corrected chi connectivity index (χ3v) is 3.81. The number of nitrogens with one attached hydrogen (secondary N) is 3. The summed E-state index contributed by atoms with van der Waals surface area (Å²) >= 11 is 0. The number of hydrogen-bond acceptors (Lipinski definition) is 5. The van der Waals surface area contributed by atoms with Gasteiger partial charge in [-0.05, 0) is 42.8 Å². The first kappa shape index (κ1) is 17.4. The van der Waals surface area contributed by atoms with Crippen molar-refractivity contribution in [2.24, 2.45) is 0 Å². The second-order valence-electron chi connectivity index (χ2n) is 5.73. The molecule has 2 aromatic carbocycles. The van der Waals surface area contributed by atoms with Crippen LogP contribution in [0.2, 0.25) is 0 Å². The van der Waals surface area contributed by atoms with Crippen molar-refractivity contribution in [3.8, 4) is 0 Å². The van der Waals surface area contributed by atoms with E-state index in [1.807, 2.05) is 0 Å². The molecule has 3 rings (SSSR count). The summed E-state index contributed by atoms with van der Waals surface area (Å²) in [7, 11) is 0. The van der Waals surface area contributed by atoms with Crippen LogP contribution in [0.25, 0.3) is 11.0 Å². The second kappa shape index (κ2) is 7.24. The normalized spacial score (nSPS) is 11.9. The Morgan fingerprint density at radius 2 is 1.81 bits per heavy atom. The minimum absolute atomic E-state index is 0.120. The van der Waals surface area contributed by atoms with Crippen molar-refractivity contribution in [2.75, 3.05) is 5.32 Å². The van der Waals surface area contributed by atoms with Crippen LogP contribution in [0.5, 0.6) is 0 Å². The fourth-order valence-electron chi connectivity index (χ4n) is 2.38. The second-order valence-corrected chi connectivity index (χ2v) is 5.73. The molecule has 134 valence electrons. The monoisotopic (exact) mass is 355 g/mol. The highest BCUT2D eigenvalue weighted by atomic mass is 16.5. The maximum absolute atomic E-state index is 12.2. The molecule has 1 amide bonds. The van der Waals surface area contributed by atoms with Gasteiger partial charge in [-0.1, -0.05) is 12.1 Å². The van der Waals surface area contributed by atoms with E-state index >= 15 is 0 Å². The van der Waals surface area contributed by atoms with Crippen LogP contribution < -0.4 is 11.0 Å². The Kier molecular flexibility index (Phi) is 4.85. The van der Waals surface area contributed by atoms with Gasteiger partial charge in [-0.2, -0.15) is 0 Å². The standard InChI is InChI=1S/C18H17N3O5/c1-10(26-17(24)12-4-2-11(9-22)3-5-12)16(23)19-13-6-7-14-15(8-13)21-18(25)20-14/h2-8,10,22H,9H2,1H3,(H,19,23)(H2,20,21,25)/t10-/m1/s1. The summed E-state index contributed by atoms with van der Waals surface area (Å²) in [6.45, 7) is 1.34. The lowest BCUT2D eigenvalue weighted by atomic mass is 10.1. The highest BCUT2D eigenvalue weighted by molar-refractivity contribution is 5.98. The van der Waals surface area contributed by atoms with Crippen molar-refractivity contribution < 1.29 is 19.4 Å². The van der Waals surface area contributed by atoms with Gasteiger partial charge in [0.05, 0.1) is 23.2 Å². The van der Waals surface area contributed by atoms with Gasteiger partial charge in [-0.3, -0.25) is 4.79 Å². The number of aromatic amines is 2. The third kappa shape index (κ3) is 3.81. The number of aliphatic hydroxyl groups is 1. The molecule has 1 aromatic heterocycles. The minimum Gasteiger partial charge on any atom is -0.449 e. The van der Waals surface area contributed by atoms with Crippen molar-refractivity contribution in [3.63, 3.8) is 0 Å². The summed E-state index contributed by atoms with van der Waals surface area (Å²) < 4.78 is 5.16. The van der Waals surface area contributed by atoms with E-state index in [4.69, 9.17) is 9.84 Å². The zero-order valence-corrected chi connectivity index (χ0v) is 13.9. The van der Waals surface area contributed by atoms with Gasteiger partial charge in [-0.25, -0.2) is 9.59 Å². The van der Waals surface area contributed by atoms with Crippen LogP contribution in [0.4, 0.5) is 5.69 Å². The number of aliphatic hydroxyl groups excluding tert-OH is 1. The van der Waals surface area contributed by atoms with Gasteiger partial charge in [0, 0.05) is 5.69 Å². The average Bonchev–Trinajstić information content (AvgIpc) is 3.00. The van der Waals surface area contributed by atoms with Crippen molar-refractivity contribution in [1.82, 2.24) is 9.97 Å². The zero-order valence-electron chi connectivity index (χ0n) is 13.9. The number of carbonyl (C=O) groups is 2. The number of rotatable bonds is 5. The molecule has 0 spiro atoms. The number of imidazole rings is 1. The fraction of sp³-hybridized carbons (Fsp3) is 0.167. The first-order valence-corrected chi connectivity index (χ1v) is 7.90. The number of benzene rings is 2. The predicted octanol–water partition coefficient (Wildman–Crippen LogP) is 1.53. The van der Waals surface area contributed by atoms with Gasteiger partial charge in [0.25, 0.3) is 5.91 Å². The number of carbonyl (C=O) groups excluding carboxylic acids is 2. The van der Waals surface area contributed by atoms with Gasteiger partial charge in [0.2, 0.25) is 0 Å². The number of aromatic nitrogens is 2. The average molecular weight is 355 g/mol. The SMILES string of the molecule is C[C@@H](OC(=O)c1ccc(CO)cc1)C(=O)Nc1ccc2[nH]c(=O)[nH]c2c1. The van der Waals surface area contributed by atoms with Crippen LogP contribution in [0.1, 0.15) is 22.8 Å². The molecule has 0 fully saturated rings. The van der Waals surface area contributed by atoms with E-state index in [1.54, 1.807) is 30.3 Å². The predicted molar refractivity (Wildman–Crippen MR) is 94.8 cm³/mol. The van der Waals surface area contributed by atoms with E-state index in [9.17, 15) is 14.4 Å². The molecule has 4 N–H and O–H groups in total. The lowest BCUT2D eigenvalue weighted by Gasteiger charge is -2.13. The minimum atomic E-state index is -1.01. The van der Waals surface area contributed by atoms with Crippen LogP contribution in [0, 0.1) is 0 Å². The molecule has 1 atom stereocenters. The Morgan fingerprint density at radius 3 is 2.50 bits per heavy atom. The number of H-pyrrole nitrogens is 2. The van der Waals surface area contributed by atoms with Crippen molar-refractivity contribution >= 4 is 28.6 Å². The van der Waals surface area contributed by atoms with Crippen molar-refractivity contribution in [3.05, 3.63) is 64.1 Å². The van der Waals surface area contributed by atoms with E-state index in [0.29, 0.717) is 22.3 Å². The molecule has 8 nitrogen and oxygen atoms in total. The number of ether oxygens (including phenoxy) is 1. The zero-order chi connectivity index (χ0) is 18.7. The Hall–Kier alpha value is -3.39. The Balaban J connectivity index is 1.64. The fourth-order valence-corrected chi connectivity index (χ4v) is 2.38. The maximum Gasteiger partial charge on any atom is 0.338 e. The van der Waals surface area contributed by atoms with Gasteiger partial charge in [0.1, 0.15) is 0 Å². The molecule has 0 bridgehead atoms.